The van der Waals surface area contributed by atoms with Crippen LogP contribution in [0.2, 0.25) is 0 Å². The van der Waals surface area contributed by atoms with Crippen LogP contribution in [0.25, 0.3) is 0 Å². The predicted molar refractivity (Wildman–Crippen MR) is 114 cm³/mol. The van der Waals surface area contributed by atoms with E-state index < -0.39 is 0 Å². The minimum absolute atomic E-state index is 0.00739. The minimum Gasteiger partial charge on any atom is -0.338 e. The van der Waals surface area contributed by atoms with Crippen LogP contribution >= 0.6 is 0 Å². The summed E-state index contributed by atoms with van der Waals surface area (Å²) in [5.74, 6) is -0.149. The van der Waals surface area contributed by atoms with Crippen molar-refractivity contribution in [3.63, 3.8) is 0 Å². The van der Waals surface area contributed by atoms with Gasteiger partial charge in [0.1, 0.15) is 0 Å². The van der Waals surface area contributed by atoms with E-state index >= 15 is 0 Å². The van der Waals surface area contributed by atoms with Crippen molar-refractivity contribution in [2.75, 3.05) is 18.4 Å². The van der Waals surface area contributed by atoms with Crippen molar-refractivity contribution in [2.24, 2.45) is 5.92 Å². The second kappa shape index (κ2) is 8.17. The lowest BCUT2D eigenvalue weighted by molar-refractivity contribution is -0.121. The Morgan fingerprint density at radius 3 is 2.07 bits per heavy atom. The number of rotatable bonds is 3. The first-order valence-corrected chi connectivity index (χ1v) is 10.0. The fourth-order valence-electron chi connectivity index (χ4n) is 4.26. The summed E-state index contributed by atoms with van der Waals surface area (Å²) in [5, 5.41) is 3.12. The molecule has 1 aliphatic heterocycles. The van der Waals surface area contributed by atoms with Crippen molar-refractivity contribution in [1.82, 2.24) is 4.90 Å². The summed E-state index contributed by atoms with van der Waals surface area (Å²) < 4.78 is 0. The highest BCUT2D eigenvalue weighted by atomic mass is 16.2. The molecule has 0 spiro atoms. The first-order valence-electron chi connectivity index (χ1n) is 10.0. The Kier molecular flexibility index (Phi) is 5.87. The highest BCUT2D eigenvalue weighted by Crippen LogP contribution is 2.25. The van der Waals surface area contributed by atoms with E-state index in [4.69, 9.17) is 0 Å². The molecule has 1 N–H and O–H groups in total. The monoisotopic (exact) mass is 378 g/mol. The molecule has 0 radical (unpaired) electrons. The fraction of sp³-hybridized carbons (Fsp3) is 0.417. The molecule has 2 aromatic carbocycles. The van der Waals surface area contributed by atoms with Gasteiger partial charge >= 0.3 is 0 Å². The summed E-state index contributed by atoms with van der Waals surface area (Å²) in [5.41, 5.74) is 7.11. The molecule has 4 heteroatoms. The third-order valence-electron chi connectivity index (χ3n) is 5.47. The molecule has 0 bridgehead atoms. The zero-order valence-electron chi connectivity index (χ0n) is 17.6. The number of benzene rings is 2. The summed E-state index contributed by atoms with van der Waals surface area (Å²) in [7, 11) is 0. The fourth-order valence-corrected chi connectivity index (χ4v) is 4.26. The zero-order valence-corrected chi connectivity index (χ0v) is 17.6. The molecule has 1 fully saturated rings. The van der Waals surface area contributed by atoms with Gasteiger partial charge in [-0.25, -0.2) is 0 Å². The number of carbonyl (C=O) groups excluding carboxylic acids is 2. The van der Waals surface area contributed by atoms with E-state index in [9.17, 15) is 9.59 Å². The summed E-state index contributed by atoms with van der Waals surface area (Å²) in [4.78, 5) is 27.7. The highest BCUT2D eigenvalue weighted by molar-refractivity contribution is 5.97. The molecule has 0 aromatic heterocycles. The van der Waals surface area contributed by atoms with Crippen molar-refractivity contribution in [2.45, 2.75) is 47.5 Å². The number of carbonyl (C=O) groups is 2. The van der Waals surface area contributed by atoms with Gasteiger partial charge in [-0.15, -0.1) is 0 Å². The Morgan fingerprint density at radius 2 is 1.46 bits per heavy atom. The summed E-state index contributed by atoms with van der Waals surface area (Å²) >= 11 is 0. The Hall–Kier alpha value is -2.62. The van der Waals surface area contributed by atoms with Crippen LogP contribution in [0, 0.1) is 40.5 Å². The van der Waals surface area contributed by atoms with Gasteiger partial charge in [-0.1, -0.05) is 34.9 Å². The molecule has 148 valence electrons. The number of nitrogens with one attached hydrogen (secondary N) is 1. The molecule has 0 saturated carbocycles. The van der Waals surface area contributed by atoms with Gasteiger partial charge in [0.05, 0.1) is 5.92 Å². The third kappa shape index (κ3) is 4.44. The van der Waals surface area contributed by atoms with E-state index in [2.05, 4.69) is 30.4 Å². The van der Waals surface area contributed by atoms with E-state index in [-0.39, 0.29) is 17.7 Å². The summed E-state index contributed by atoms with van der Waals surface area (Å²) in [6, 6.07) is 10.1. The molecule has 1 aliphatic rings. The van der Waals surface area contributed by atoms with Crippen LogP contribution in [0.4, 0.5) is 5.69 Å². The second-order valence-corrected chi connectivity index (χ2v) is 8.23. The maximum atomic E-state index is 13.0. The van der Waals surface area contributed by atoms with E-state index in [1.165, 1.54) is 5.56 Å². The van der Waals surface area contributed by atoms with Gasteiger partial charge in [-0.3, -0.25) is 9.59 Å². The summed E-state index contributed by atoms with van der Waals surface area (Å²) in [6.45, 7) is 11.3. The number of nitrogens with zero attached hydrogens (tertiary/aromatic N) is 1. The first kappa shape index (κ1) is 20.1. The Labute approximate surface area is 167 Å². The van der Waals surface area contributed by atoms with Gasteiger partial charge in [-0.2, -0.15) is 0 Å². The lowest BCUT2D eigenvalue weighted by atomic mass is 9.95. The van der Waals surface area contributed by atoms with E-state index in [1.807, 2.05) is 44.7 Å². The number of amides is 2. The van der Waals surface area contributed by atoms with Crippen LogP contribution in [0.15, 0.2) is 30.3 Å². The number of aryl methyl sites for hydroxylation is 5. The number of hydrogen-bond acceptors (Lipinski definition) is 2. The highest BCUT2D eigenvalue weighted by Gasteiger charge is 2.29. The quantitative estimate of drug-likeness (QED) is 0.840. The standard InChI is InChI=1S/C24H30N2O2/c1-15-9-16(2)13-21(12-15)24(28)26-8-6-7-20(14-26)23(27)25-22-18(4)10-17(3)11-19(22)5/h9-13,20H,6-8,14H2,1-5H3,(H,25,27). The first-order chi connectivity index (χ1) is 13.2. The maximum Gasteiger partial charge on any atom is 0.253 e. The second-order valence-electron chi connectivity index (χ2n) is 8.23. The molecule has 0 aliphatic carbocycles. The lowest BCUT2D eigenvalue weighted by Crippen LogP contribution is -2.43. The number of hydrogen-bond donors (Lipinski definition) is 1. The Bertz CT molecular complexity index is 874. The normalized spacial score (nSPS) is 16.8. The van der Waals surface area contributed by atoms with Crippen molar-refractivity contribution in [3.05, 3.63) is 63.7 Å². The van der Waals surface area contributed by atoms with E-state index in [0.717, 1.165) is 40.8 Å². The molecule has 1 atom stereocenters. The smallest absolute Gasteiger partial charge is 0.253 e. The van der Waals surface area contributed by atoms with Crippen LogP contribution in [0.5, 0.6) is 0 Å². The van der Waals surface area contributed by atoms with Crippen LogP contribution < -0.4 is 5.32 Å². The molecule has 1 saturated heterocycles. The molecule has 1 heterocycles. The summed E-state index contributed by atoms with van der Waals surface area (Å²) in [6.07, 6.45) is 1.66. The Balaban J connectivity index is 1.72. The van der Waals surface area contributed by atoms with Crippen LogP contribution in [0.1, 0.15) is 51.0 Å². The number of likely N-dealkylation sites (tertiary alicyclic amines) is 1. The largest absolute Gasteiger partial charge is 0.338 e. The van der Waals surface area contributed by atoms with Gasteiger partial charge in [-0.05, 0) is 70.7 Å². The topological polar surface area (TPSA) is 49.4 Å². The molecule has 4 nitrogen and oxygen atoms in total. The molecular formula is C24H30N2O2. The van der Waals surface area contributed by atoms with Crippen molar-refractivity contribution >= 4 is 17.5 Å². The van der Waals surface area contributed by atoms with Crippen LogP contribution in [0.3, 0.4) is 0 Å². The van der Waals surface area contributed by atoms with Gasteiger partial charge in [0.25, 0.3) is 5.91 Å². The van der Waals surface area contributed by atoms with Gasteiger partial charge in [0, 0.05) is 24.3 Å². The molecule has 3 rings (SSSR count). The van der Waals surface area contributed by atoms with Crippen LogP contribution in [-0.2, 0) is 4.79 Å². The Morgan fingerprint density at radius 1 is 0.893 bits per heavy atom. The number of piperidine rings is 1. The molecule has 2 amide bonds. The molecule has 1 unspecified atom stereocenters. The SMILES string of the molecule is Cc1cc(C)cc(C(=O)N2CCCC(C(=O)Nc3c(C)cc(C)cc3C)C2)c1. The third-order valence-corrected chi connectivity index (χ3v) is 5.47. The van der Waals surface area contributed by atoms with Gasteiger partial charge in [0.2, 0.25) is 5.91 Å². The molecule has 28 heavy (non-hydrogen) atoms. The average molecular weight is 379 g/mol. The predicted octanol–water partition coefficient (Wildman–Crippen LogP) is 4.72. The van der Waals surface area contributed by atoms with Gasteiger partial charge in [0.15, 0.2) is 0 Å². The van der Waals surface area contributed by atoms with Crippen molar-refractivity contribution in [1.29, 1.82) is 0 Å². The molecular weight excluding hydrogens is 348 g/mol. The minimum atomic E-state index is -0.177. The van der Waals surface area contributed by atoms with E-state index in [0.29, 0.717) is 18.7 Å². The van der Waals surface area contributed by atoms with Gasteiger partial charge < -0.3 is 10.2 Å². The lowest BCUT2D eigenvalue weighted by Gasteiger charge is -2.32. The average Bonchev–Trinajstić information content (AvgIpc) is 2.63. The van der Waals surface area contributed by atoms with E-state index in [1.54, 1.807) is 0 Å². The van der Waals surface area contributed by atoms with Crippen molar-refractivity contribution < 1.29 is 9.59 Å². The zero-order chi connectivity index (χ0) is 20.4. The van der Waals surface area contributed by atoms with Crippen LogP contribution in [-0.4, -0.2) is 29.8 Å². The number of anilines is 1. The maximum absolute atomic E-state index is 13.0. The molecule has 2 aromatic rings. The van der Waals surface area contributed by atoms with Crippen molar-refractivity contribution in [3.8, 4) is 0 Å².